The Morgan fingerprint density at radius 3 is 2.65 bits per heavy atom. The lowest BCUT2D eigenvalue weighted by Crippen LogP contribution is -2.38. The smallest absolute Gasteiger partial charge is 0.337 e. The van der Waals surface area contributed by atoms with Gasteiger partial charge in [0, 0.05) is 20.2 Å². The van der Waals surface area contributed by atoms with Gasteiger partial charge in [0.25, 0.3) is 5.56 Å². The molecule has 3 rings (SSSR count). The van der Waals surface area contributed by atoms with Crippen LogP contribution in [0.2, 0.25) is 0 Å². The Balaban J connectivity index is 2.51. The van der Waals surface area contributed by atoms with E-state index in [9.17, 15) is 14.7 Å². The van der Waals surface area contributed by atoms with Crippen molar-refractivity contribution in [1.82, 2.24) is 18.7 Å². The molecule has 1 N–H and O–H groups in total. The van der Waals surface area contributed by atoms with Gasteiger partial charge >= 0.3 is 5.69 Å². The molecule has 0 aliphatic rings. The van der Waals surface area contributed by atoms with Crippen molar-refractivity contribution >= 4 is 11.2 Å². The minimum atomic E-state index is -0.508. The highest BCUT2D eigenvalue weighted by atomic mass is 16.3. The van der Waals surface area contributed by atoms with Gasteiger partial charge < -0.3 is 9.67 Å². The average molecular weight is 272 g/mol. The summed E-state index contributed by atoms with van der Waals surface area (Å²) < 4.78 is 3.89. The predicted molar refractivity (Wildman–Crippen MR) is 73.2 cm³/mol. The molecule has 102 valence electrons. The standard InChI is InChI=1S/C13H12N4O3/c1-15-7-14-11-10(15)12(19)17(13(20)16(11)2)8-4-3-5-9(18)6-8/h3-7,18H,1-2H3. The van der Waals surface area contributed by atoms with Crippen LogP contribution in [0.1, 0.15) is 0 Å². The third kappa shape index (κ3) is 1.56. The Morgan fingerprint density at radius 1 is 1.20 bits per heavy atom. The van der Waals surface area contributed by atoms with Crippen LogP contribution in [0, 0.1) is 0 Å². The highest BCUT2D eigenvalue weighted by Gasteiger charge is 2.16. The molecule has 7 heteroatoms. The number of aromatic nitrogens is 4. The number of phenols is 1. The van der Waals surface area contributed by atoms with Gasteiger partial charge in [0.05, 0.1) is 12.0 Å². The molecule has 7 nitrogen and oxygen atoms in total. The van der Waals surface area contributed by atoms with E-state index in [1.54, 1.807) is 30.8 Å². The van der Waals surface area contributed by atoms with Gasteiger partial charge in [-0.1, -0.05) is 6.07 Å². The molecule has 2 aromatic heterocycles. The summed E-state index contributed by atoms with van der Waals surface area (Å²) in [7, 11) is 3.24. The molecule has 0 amide bonds. The lowest BCUT2D eigenvalue weighted by Gasteiger charge is -2.08. The quantitative estimate of drug-likeness (QED) is 0.682. The third-order valence-corrected chi connectivity index (χ3v) is 3.21. The summed E-state index contributed by atoms with van der Waals surface area (Å²) in [5.74, 6) is -0.0124. The summed E-state index contributed by atoms with van der Waals surface area (Å²) in [4.78, 5) is 28.9. The Hall–Kier alpha value is -2.83. The number of hydrogen-bond acceptors (Lipinski definition) is 4. The first-order chi connectivity index (χ1) is 9.50. The molecule has 20 heavy (non-hydrogen) atoms. The topological polar surface area (TPSA) is 82.1 Å². The molecule has 0 aliphatic carbocycles. The van der Waals surface area contributed by atoms with Gasteiger partial charge in [-0.3, -0.25) is 9.36 Å². The highest BCUT2D eigenvalue weighted by molar-refractivity contribution is 5.70. The number of benzene rings is 1. The van der Waals surface area contributed by atoms with Crippen molar-refractivity contribution in [2.45, 2.75) is 0 Å². The fourth-order valence-electron chi connectivity index (χ4n) is 2.20. The summed E-state index contributed by atoms with van der Waals surface area (Å²) in [5, 5.41) is 9.51. The van der Waals surface area contributed by atoms with E-state index < -0.39 is 11.2 Å². The van der Waals surface area contributed by atoms with Crippen LogP contribution in [-0.4, -0.2) is 23.8 Å². The van der Waals surface area contributed by atoms with E-state index in [2.05, 4.69) is 4.98 Å². The van der Waals surface area contributed by atoms with Gasteiger partial charge in [0.15, 0.2) is 11.2 Å². The maximum Gasteiger partial charge on any atom is 0.337 e. The van der Waals surface area contributed by atoms with E-state index in [0.29, 0.717) is 16.9 Å². The normalized spacial score (nSPS) is 11.1. The molecule has 0 radical (unpaired) electrons. The molecule has 0 saturated heterocycles. The van der Waals surface area contributed by atoms with Crippen LogP contribution in [0.5, 0.6) is 5.75 Å². The van der Waals surface area contributed by atoms with Crippen molar-refractivity contribution in [3.8, 4) is 11.4 Å². The first-order valence-electron chi connectivity index (χ1n) is 5.93. The van der Waals surface area contributed by atoms with Crippen LogP contribution in [0.4, 0.5) is 0 Å². The molecule has 0 bridgehead atoms. The summed E-state index contributed by atoms with van der Waals surface area (Å²) >= 11 is 0. The number of nitrogens with zero attached hydrogens (tertiary/aromatic N) is 4. The first-order valence-corrected chi connectivity index (χ1v) is 5.93. The highest BCUT2D eigenvalue weighted by Crippen LogP contribution is 2.13. The van der Waals surface area contributed by atoms with Gasteiger partial charge in [-0.05, 0) is 12.1 Å². The molecular weight excluding hydrogens is 260 g/mol. The molecule has 2 heterocycles. The van der Waals surface area contributed by atoms with Crippen LogP contribution in [0.15, 0.2) is 40.2 Å². The SMILES string of the molecule is Cn1cnc2c1c(=O)n(-c1cccc(O)c1)c(=O)n2C. The molecule has 0 fully saturated rings. The largest absolute Gasteiger partial charge is 0.508 e. The van der Waals surface area contributed by atoms with Crippen molar-refractivity contribution in [2.75, 3.05) is 0 Å². The second-order valence-corrected chi connectivity index (χ2v) is 4.53. The van der Waals surface area contributed by atoms with Crippen LogP contribution in [-0.2, 0) is 14.1 Å². The fourth-order valence-corrected chi connectivity index (χ4v) is 2.20. The molecule has 3 aromatic rings. The van der Waals surface area contributed by atoms with E-state index in [-0.39, 0.29) is 5.75 Å². The van der Waals surface area contributed by atoms with E-state index in [4.69, 9.17) is 0 Å². The number of aryl methyl sites for hydroxylation is 2. The number of phenolic OH excluding ortho intramolecular Hbond substituents is 1. The van der Waals surface area contributed by atoms with Gasteiger partial charge in [-0.2, -0.15) is 0 Å². The Morgan fingerprint density at radius 2 is 1.95 bits per heavy atom. The summed E-state index contributed by atoms with van der Waals surface area (Å²) in [5.41, 5.74) is 0.00791. The van der Waals surface area contributed by atoms with Gasteiger partial charge in [0.1, 0.15) is 5.75 Å². The van der Waals surface area contributed by atoms with Gasteiger partial charge in [-0.25, -0.2) is 14.3 Å². The van der Waals surface area contributed by atoms with Crippen molar-refractivity contribution in [3.63, 3.8) is 0 Å². The molecule has 1 aromatic carbocycles. The number of aromatic hydroxyl groups is 1. The molecule has 0 unspecified atom stereocenters. The minimum absolute atomic E-state index is 0.0124. The predicted octanol–water partition coefficient (Wildman–Crippen LogP) is 0.128. The lowest BCUT2D eigenvalue weighted by molar-refractivity contribution is 0.475. The van der Waals surface area contributed by atoms with Crippen molar-refractivity contribution < 1.29 is 5.11 Å². The van der Waals surface area contributed by atoms with Crippen LogP contribution < -0.4 is 11.2 Å². The fraction of sp³-hybridized carbons (Fsp3) is 0.154. The second kappa shape index (κ2) is 4.09. The number of imidazole rings is 1. The minimum Gasteiger partial charge on any atom is -0.508 e. The van der Waals surface area contributed by atoms with Crippen molar-refractivity contribution in [1.29, 1.82) is 0 Å². The maximum atomic E-state index is 12.5. The zero-order valence-electron chi connectivity index (χ0n) is 10.9. The summed E-state index contributed by atoms with van der Waals surface area (Å²) in [6.07, 6.45) is 1.48. The molecule has 0 atom stereocenters. The molecule has 0 aliphatic heterocycles. The number of fused-ring (bicyclic) bond motifs is 1. The number of hydrogen-bond donors (Lipinski definition) is 1. The third-order valence-electron chi connectivity index (χ3n) is 3.21. The Bertz CT molecular complexity index is 933. The van der Waals surface area contributed by atoms with E-state index >= 15 is 0 Å². The average Bonchev–Trinajstić information content (AvgIpc) is 2.79. The Labute approximate surface area is 113 Å². The van der Waals surface area contributed by atoms with Crippen molar-refractivity contribution in [2.24, 2.45) is 14.1 Å². The first kappa shape index (κ1) is 12.2. The van der Waals surface area contributed by atoms with Crippen molar-refractivity contribution in [3.05, 3.63) is 51.4 Å². The Kier molecular flexibility index (Phi) is 2.50. The van der Waals surface area contributed by atoms with Crippen LogP contribution in [0.25, 0.3) is 16.9 Å². The summed E-state index contributed by atoms with van der Waals surface area (Å²) in [6, 6.07) is 6.00. The summed E-state index contributed by atoms with van der Waals surface area (Å²) in [6.45, 7) is 0. The van der Waals surface area contributed by atoms with Gasteiger partial charge in [0.2, 0.25) is 0 Å². The van der Waals surface area contributed by atoms with E-state index in [0.717, 1.165) is 4.57 Å². The maximum absolute atomic E-state index is 12.5. The second-order valence-electron chi connectivity index (χ2n) is 4.53. The van der Waals surface area contributed by atoms with E-state index in [1.807, 2.05) is 0 Å². The zero-order valence-corrected chi connectivity index (χ0v) is 10.9. The molecule has 0 saturated carbocycles. The zero-order chi connectivity index (χ0) is 14.4. The van der Waals surface area contributed by atoms with Crippen LogP contribution in [0.3, 0.4) is 0 Å². The molecular formula is C13H12N4O3. The van der Waals surface area contributed by atoms with Gasteiger partial charge in [-0.15, -0.1) is 0 Å². The monoisotopic (exact) mass is 272 g/mol. The molecule has 0 spiro atoms. The van der Waals surface area contributed by atoms with Crippen LogP contribution >= 0.6 is 0 Å². The van der Waals surface area contributed by atoms with E-state index in [1.165, 1.54) is 23.0 Å². The number of rotatable bonds is 1. The lowest BCUT2D eigenvalue weighted by atomic mass is 10.3.